The first kappa shape index (κ1) is 19.7. The van der Waals surface area contributed by atoms with E-state index in [1.807, 2.05) is 6.92 Å². The van der Waals surface area contributed by atoms with Crippen LogP contribution >= 0.6 is 0 Å². The van der Waals surface area contributed by atoms with Gasteiger partial charge >= 0.3 is 0 Å². The number of rotatable bonds is 7. The summed E-state index contributed by atoms with van der Waals surface area (Å²) >= 11 is 0. The number of aryl methyl sites for hydroxylation is 1. The smallest absolute Gasteiger partial charge is 0.251 e. The first-order valence-electron chi connectivity index (χ1n) is 8.84. The van der Waals surface area contributed by atoms with Gasteiger partial charge in [-0.15, -0.1) is 0 Å². The molecule has 0 atom stereocenters. The van der Waals surface area contributed by atoms with E-state index < -0.39 is 10.0 Å². The molecule has 2 rings (SSSR count). The number of benzene rings is 1. The summed E-state index contributed by atoms with van der Waals surface area (Å²) in [6, 6.07) is 5.08. The zero-order valence-electron chi connectivity index (χ0n) is 15.4. The monoisotopic (exact) mass is 367 g/mol. The summed E-state index contributed by atoms with van der Waals surface area (Å²) in [6.45, 7) is 5.83. The molecule has 0 bridgehead atoms. The number of nitrogens with one attached hydrogen (secondary N) is 1. The second-order valence-corrected chi connectivity index (χ2v) is 8.76. The second-order valence-electron chi connectivity index (χ2n) is 6.74. The van der Waals surface area contributed by atoms with E-state index in [9.17, 15) is 13.2 Å². The third kappa shape index (κ3) is 5.71. The SMILES string of the molecule is Cc1cc(C(=O)NCCCN2CCCCC2)ccc1N(C)S(C)(=O)=O. The van der Waals surface area contributed by atoms with Gasteiger partial charge in [0.2, 0.25) is 10.0 Å². The lowest BCUT2D eigenvalue weighted by atomic mass is 10.1. The number of nitrogens with zero attached hydrogens (tertiary/aromatic N) is 2. The van der Waals surface area contributed by atoms with Crippen molar-refractivity contribution >= 4 is 21.6 Å². The molecular weight excluding hydrogens is 338 g/mol. The van der Waals surface area contributed by atoms with Gasteiger partial charge in [-0.25, -0.2) is 8.42 Å². The van der Waals surface area contributed by atoms with Crippen LogP contribution in [0, 0.1) is 6.92 Å². The summed E-state index contributed by atoms with van der Waals surface area (Å²) < 4.78 is 24.5. The first-order valence-corrected chi connectivity index (χ1v) is 10.7. The minimum Gasteiger partial charge on any atom is -0.352 e. The van der Waals surface area contributed by atoms with Gasteiger partial charge in [-0.3, -0.25) is 9.10 Å². The maximum atomic E-state index is 12.3. The number of hydrogen-bond acceptors (Lipinski definition) is 4. The van der Waals surface area contributed by atoms with Crippen molar-refractivity contribution in [2.45, 2.75) is 32.6 Å². The molecule has 1 aromatic carbocycles. The van der Waals surface area contributed by atoms with Crippen LogP contribution in [0.1, 0.15) is 41.6 Å². The van der Waals surface area contributed by atoms with Gasteiger partial charge in [0.05, 0.1) is 11.9 Å². The van der Waals surface area contributed by atoms with E-state index in [-0.39, 0.29) is 5.91 Å². The molecule has 1 saturated heterocycles. The van der Waals surface area contributed by atoms with Crippen molar-refractivity contribution in [1.82, 2.24) is 10.2 Å². The summed E-state index contributed by atoms with van der Waals surface area (Å²) in [5, 5.41) is 2.95. The Hall–Kier alpha value is -1.60. The molecule has 0 unspecified atom stereocenters. The lowest BCUT2D eigenvalue weighted by molar-refractivity contribution is 0.0951. The highest BCUT2D eigenvalue weighted by Crippen LogP contribution is 2.22. The molecule has 6 nitrogen and oxygen atoms in total. The molecule has 1 aliphatic rings. The average Bonchev–Trinajstić information content (AvgIpc) is 2.58. The number of amides is 1. The van der Waals surface area contributed by atoms with Crippen LogP contribution in [0.25, 0.3) is 0 Å². The zero-order chi connectivity index (χ0) is 18.4. The zero-order valence-corrected chi connectivity index (χ0v) is 16.2. The van der Waals surface area contributed by atoms with E-state index in [1.165, 1.54) is 43.7 Å². The molecule has 0 spiro atoms. The van der Waals surface area contributed by atoms with Crippen molar-refractivity contribution in [2.75, 3.05) is 43.8 Å². The Balaban J connectivity index is 1.86. The maximum Gasteiger partial charge on any atom is 0.251 e. The third-order valence-corrected chi connectivity index (χ3v) is 5.87. The molecule has 1 fully saturated rings. The number of sulfonamides is 1. The van der Waals surface area contributed by atoms with Gasteiger partial charge in [-0.1, -0.05) is 6.42 Å². The lowest BCUT2D eigenvalue weighted by Crippen LogP contribution is -2.33. The Kier molecular flexibility index (Phi) is 6.84. The Labute approximate surface area is 151 Å². The van der Waals surface area contributed by atoms with E-state index in [0.29, 0.717) is 17.8 Å². The number of carbonyl (C=O) groups is 1. The molecule has 1 amide bonds. The summed E-state index contributed by atoms with van der Waals surface area (Å²) in [5.74, 6) is -0.115. The second kappa shape index (κ2) is 8.67. The van der Waals surface area contributed by atoms with E-state index in [2.05, 4.69) is 10.2 Å². The average molecular weight is 368 g/mol. The van der Waals surface area contributed by atoms with Crippen LogP contribution in [0.4, 0.5) is 5.69 Å². The first-order chi connectivity index (χ1) is 11.8. The van der Waals surface area contributed by atoms with Crippen LogP contribution in [-0.2, 0) is 10.0 Å². The van der Waals surface area contributed by atoms with E-state index in [4.69, 9.17) is 0 Å². The van der Waals surface area contributed by atoms with Crippen molar-refractivity contribution in [3.63, 3.8) is 0 Å². The Morgan fingerprint density at radius 2 is 1.92 bits per heavy atom. The van der Waals surface area contributed by atoms with Crippen LogP contribution in [0.3, 0.4) is 0 Å². The van der Waals surface area contributed by atoms with Gasteiger partial charge in [0.1, 0.15) is 0 Å². The molecule has 25 heavy (non-hydrogen) atoms. The predicted octanol–water partition coefficient (Wildman–Crippen LogP) is 2.00. The topological polar surface area (TPSA) is 69.7 Å². The van der Waals surface area contributed by atoms with Crippen molar-refractivity contribution in [3.05, 3.63) is 29.3 Å². The minimum atomic E-state index is -3.31. The van der Waals surface area contributed by atoms with E-state index in [1.54, 1.807) is 18.2 Å². The molecule has 1 heterocycles. The Morgan fingerprint density at radius 3 is 2.52 bits per heavy atom. The lowest BCUT2D eigenvalue weighted by Gasteiger charge is -2.26. The van der Waals surface area contributed by atoms with Crippen molar-refractivity contribution in [2.24, 2.45) is 0 Å². The van der Waals surface area contributed by atoms with Gasteiger partial charge in [-0.05, 0) is 69.6 Å². The van der Waals surface area contributed by atoms with Crippen LogP contribution in [0.2, 0.25) is 0 Å². The van der Waals surface area contributed by atoms with Crippen LogP contribution in [0.5, 0.6) is 0 Å². The fourth-order valence-electron chi connectivity index (χ4n) is 3.12. The summed E-state index contributed by atoms with van der Waals surface area (Å²) in [4.78, 5) is 14.7. The standard InChI is InChI=1S/C18H29N3O3S/c1-15-14-16(8-9-17(15)20(2)25(3,23)24)18(22)19-10-7-13-21-11-5-4-6-12-21/h8-9,14H,4-7,10-13H2,1-3H3,(H,19,22). The van der Waals surface area contributed by atoms with Gasteiger partial charge in [0.25, 0.3) is 5.91 Å². The highest BCUT2D eigenvalue weighted by atomic mass is 32.2. The number of hydrogen-bond donors (Lipinski definition) is 1. The molecule has 0 aromatic heterocycles. The van der Waals surface area contributed by atoms with E-state index in [0.717, 1.165) is 24.8 Å². The van der Waals surface area contributed by atoms with Crippen LogP contribution < -0.4 is 9.62 Å². The summed E-state index contributed by atoms with van der Waals surface area (Å²) in [6.07, 6.45) is 5.99. The minimum absolute atomic E-state index is 0.115. The van der Waals surface area contributed by atoms with Gasteiger partial charge in [0, 0.05) is 19.2 Å². The highest BCUT2D eigenvalue weighted by molar-refractivity contribution is 7.92. The van der Waals surface area contributed by atoms with Gasteiger partial charge in [-0.2, -0.15) is 0 Å². The normalized spacial score (nSPS) is 15.8. The number of carbonyl (C=O) groups excluding carboxylic acids is 1. The molecule has 0 aliphatic carbocycles. The Bertz CT molecular complexity index is 698. The number of piperidine rings is 1. The fraction of sp³-hybridized carbons (Fsp3) is 0.611. The quantitative estimate of drug-likeness (QED) is 0.749. The third-order valence-electron chi connectivity index (χ3n) is 4.68. The molecule has 1 N–H and O–H groups in total. The highest BCUT2D eigenvalue weighted by Gasteiger charge is 2.16. The van der Waals surface area contributed by atoms with Gasteiger partial charge in [0.15, 0.2) is 0 Å². The molecule has 7 heteroatoms. The summed E-state index contributed by atoms with van der Waals surface area (Å²) in [7, 11) is -1.80. The Morgan fingerprint density at radius 1 is 1.24 bits per heavy atom. The van der Waals surface area contributed by atoms with E-state index >= 15 is 0 Å². The molecular formula is C18H29N3O3S. The van der Waals surface area contributed by atoms with Gasteiger partial charge < -0.3 is 10.2 Å². The largest absolute Gasteiger partial charge is 0.352 e. The molecule has 1 aromatic rings. The molecule has 0 radical (unpaired) electrons. The molecule has 1 aliphatic heterocycles. The fourth-order valence-corrected chi connectivity index (χ4v) is 3.68. The summed E-state index contributed by atoms with van der Waals surface area (Å²) in [5.41, 5.74) is 1.90. The van der Waals surface area contributed by atoms with Crippen molar-refractivity contribution in [1.29, 1.82) is 0 Å². The van der Waals surface area contributed by atoms with Crippen LogP contribution in [0.15, 0.2) is 18.2 Å². The van der Waals surface area contributed by atoms with Crippen molar-refractivity contribution < 1.29 is 13.2 Å². The molecule has 140 valence electrons. The maximum absolute atomic E-state index is 12.3. The predicted molar refractivity (Wildman–Crippen MR) is 102 cm³/mol. The number of likely N-dealkylation sites (tertiary alicyclic amines) is 1. The molecule has 0 saturated carbocycles. The van der Waals surface area contributed by atoms with Crippen LogP contribution in [-0.4, -0.2) is 58.7 Å². The van der Waals surface area contributed by atoms with Crippen molar-refractivity contribution in [3.8, 4) is 0 Å². The number of anilines is 1.